The molecule has 9 heavy (non-hydrogen) atoms. The molecule has 1 aliphatic rings. The molecule has 1 fully saturated rings. The van der Waals surface area contributed by atoms with Gasteiger partial charge in [-0.25, -0.2) is 0 Å². The minimum atomic E-state index is 1.25. The zero-order valence-electron chi connectivity index (χ0n) is 6.10. The molecule has 0 nitrogen and oxygen atoms in total. The van der Waals surface area contributed by atoms with Crippen LogP contribution in [-0.2, 0) is 0 Å². The summed E-state index contributed by atoms with van der Waals surface area (Å²) in [6, 6.07) is 0. The molecule has 52 valence electrons. The summed E-state index contributed by atoms with van der Waals surface area (Å²) in [4.78, 5) is 0. The Morgan fingerprint density at radius 3 is 1.78 bits per heavy atom. The lowest BCUT2D eigenvalue weighted by atomic mass is 10.1. The Kier molecular flexibility index (Phi) is 3.82. The van der Waals surface area contributed by atoms with E-state index in [-0.39, 0.29) is 0 Å². The summed E-state index contributed by atoms with van der Waals surface area (Å²) in [6.07, 6.45) is 14.5. The van der Waals surface area contributed by atoms with Gasteiger partial charge in [0.15, 0.2) is 0 Å². The van der Waals surface area contributed by atoms with Crippen molar-refractivity contribution in [2.45, 2.75) is 44.9 Å². The fraction of sp³-hybridized carbons (Fsp3) is 0.778. The van der Waals surface area contributed by atoms with Gasteiger partial charge in [0.05, 0.1) is 0 Å². The molecule has 0 N–H and O–H groups in total. The van der Waals surface area contributed by atoms with Crippen LogP contribution in [0.3, 0.4) is 0 Å². The summed E-state index contributed by atoms with van der Waals surface area (Å²) >= 11 is 0. The molecule has 1 aliphatic carbocycles. The smallest absolute Gasteiger partial charge is 0.0383 e. The van der Waals surface area contributed by atoms with E-state index in [0.717, 1.165) is 0 Å². The Labute approximate surface area is 58.7 Å². The molecule has 0 aliphatic heterocycles. The summed E-state index contributed by atoms with van der Waals surface area (Å²) < 4.78 is 0. The first kappa shape index (κ1) is 7.11. The lowest BCUT2D eigenvalue weighted by Gasteiger charge is -1.93. The molecule has 1 saturated carbocycles. The molecule has 0 aromatic carbocycles. The van der Waals surface area contributed by atoms with Gasteiger partial charge in [-0.05, 0) is 19.3 Å². The van der Waals surface area contributed by atoms with Crippen LogP contribution in [0.1, 0.15) is 44.9 Å². The van der Waals surface area contributed by atoms with Crippen LogP contribution in [0.2, 0.25) is 0 Å². The van der Waals surface area contributed by atoms with Gasteiger partial charge < -0.3 is 0 Å². The molecule has 0 heteroatoms. The summed E-state index contributed by atoms with van der Waals surface area (Å²) in [7, 11) is 0. The Balaban J connectivity index is 2.02. The van der Waals surface area contributed by atoms with Crippen LogP contribution in [-0.4, -0.2) is 0 Å². The van der Waals surface area contributed by atoms with Gasteiger partial charge in [-0.1, -0.05) is 38.5 Å². The van der Waals surface area contributed by atoms with Crippen molar-refractivity contribution in [3.8, 4) is 0 Å². The lowest BCUT2D eigenvalue weighted by molar-refractivity contribution is 0.651. The average Bonchev–Trinajstić information content (AvgIpc) is 2.00. The van der Waals surface area contributed by atoms with Gasteiger partial charge in [0, 0.05) is 0 Å². The molecular weight excluding hydrogens is 108 g/mol. The van der Waals surface area contributed by atoms with Crippen molar-refractivity contribution in [2.24, 2.45) is 0 Å². The third-order valence-corrected chi connectivity index (χ3v) is 1.90. The van der Waals surface area contributed by atoms with Gasteiger partial charge in [0.2, 0.25) is 0 Å². The third kappa shape index (κ3) is 3.56. The average molecular weight is 124 g/mol. The van der Waals surface area contributed by atoms with Crippen LogP contribution < -0.4 is 0 Å². The second-order valence-corrected chi connectivity index (χ2v) is 2.80. The second kappa shape index (κ2) is 4.84. The highest BCUT2D eigenvalue weighted by Gasteiger charge is 1.96. The first-order chi connectivity index (χ1) is 4.50. The zero-order chi connectivity index (χ0) is 6.36. The number of hydrogen-bond donors (Lipinski definition) is 0. The predicted octanol–water partition coefficient (Wildman–Crippen LogP) is 3.14. The topological polar surface area (TPSA) is 0 Å². The lowest BCUT2D eigenvalue weighted by Crippen LogP contribution is -1.76. The van der Waals surface area contributed by atoms with Gasteiger partial charge in [-0.3, -0.25) is 0 Å². The third-order valence-electron chi connectivity index (χ3n) is 1.90. The molecule has 0 saturated heterocycles. The van der Waals surface area contributed by atoms with Crippen LogP contribution in [0.25, 0.3) is 0 Å². The van der Waals surface area contributed by atoms with Crippen molar-refractivity contribution in [1.29, 1.82) is 0 Å². The molecule has 0 heterocycles. The van der Waals surface area contributed by atoms with Gasteiger partial charge in [-0.2, -0.15) is 0 Å². The van der Waals surface area contributed by atoms with Crippen molar-refractivity contribution >= 4 is 0 Å². The minimum Gasteiger partial charge on any atom is -0.0533 e. The highest BCUT2D eigenvalue weighted by Crippen LogP contribution is 2.14. The number of hydrogen-bond acceptors (Lipinski definition) is 0. The Bertz CT molecular complexity index is 28.5. The van der Waals surface area contributed by atoms with E-state index in [1.165, 1.54) is 44.9 Å². The van der Waals surface area contributed by atoms with Gasteiger partial charge >= 0.3 is 0 Å². The highest BCUT2D eigenvalue weighted by atomic mass is 14.0. The molecule has 0 aromatic heterocycles. The van der Waals surface area contributed by atoms with E-state index in [0.29, 0.717) is 0 Å². The molecule has 0 amide bonds. The largest absolute Gasteiger partial charge is 0.0533 e. The van der Waals surface area contributed by atoms with E-state index in [1.54, 1.807) is 0 Å². The van der Waals surface area contributed by atoms with Crippen LogP contribution in [0, 0.1) is 12.8 Å². The van der Waals surface area contributed by atoms with Crippen LogP contribution in [0.4, 0.5) is 0 Å². The van der Waals surface area contributed by atoms with Crippen molar-refractivity contribution < 1.29 is 0 Å². The Morgan fingerprint density at radius 1 is 0.667 bits per heavy atom. The van der Waals surface area contributed by atoms with Crippen LogP contribution in [0.15, 0.2) is 0 Å². The van der Waals surface area contributed by atoms with E-state index in [9.17, 15) is 0 Å². The maximum absolute atomic E-state index is 2.41. The van der Waals surface area contributed by atoms with E-state index < -0.39 is 0 Å². The molecule has 0 aromatic rings. The molecule has 0 unspecified atom stereocenters. The number of rotatable bonds is 0. The summed E-state index contributed by atoms with van der Waals surface area (Å²) in [5.41, 5.74) is 0. The monoisotopic (exact) mass is 124 g/mol. The van der Waals surface area contributed by atoms with Crippen molar-refractivity contribution in [1.82, 2.24) is 0 Å². The molecule has 0 atom stereocenters. The fourth-order valence-corrected chi connectivity index (χ4v) is 1.28. The van der Waals surface area contributed by atoms with Crippen molar-refractivity contribution in [3.05, 3.63) is 12.8 Å². The van der Waals surface area contributed by atoms with E-state index >= 15 is 0 Å². The standard InChI is InChI=1S/C9H16/c1-2-4-6-8-9-7-5-3-1/h1,4H,2-3,5-9H2. The normalized spacial score (nSPS) is 24.0. The molecule has 2 radical (unpaired) electrons. The molecular formula is C9H16. The first-order valence-corrected chi connectivity index (χ1v) is 4.13. The first-order valence-electron chi connectivity index (χ1n) is 4.13. The van der Waals surface area contributed by atoms with E-state index in [2.05, 4.69) is 12.8 Å². The van der Waals surface area contributed by atoms with Crippen LogP contribution in [0.5, 0.6) is 0 Å². The summed E-state index contributed by atoms with van der Waals surface area (Å²) in [5.74, 6) is 0. The fourth-order valence-electron chi connectivity index (χ4n) is 1.28. The maximum Gasteiger partial charge on any atom is -0.0383 e. The molecule has 0 bridgehead atoms. The summed E-state index contributed by atoms with van der Waals surface area (Å²) in [5, 5.41) is 0. The predicted molar refractivity (Wildman–Crippen MR) is 40.9 cm³/mol. The zero-order valence-corrected chi connectivity index (χ0v) is 6.10. The quantitative estimate of drug-likeness (QED) is 0.465. The SMILES string of the molecule is [CH]1C[CH]CCCCCC1. The minimum absolute atomic E-state index is 1.25. The van der Waals surface area contributed by atoms with Gasteiger partial charge in [0.25, 0.3) is 0 Å². The van der Waals surface area contributed by atoms with Gasteiger partial charge in [0.1, 0.15) is 0 Å². The Hall–Kier alpha value is 0. The Morgan fingerprint density at radius 2 is 1.22 bits per heavy atom. The molecule has 0 spiro atoms. The van der Waals surface area contributed by atoms with Crippen molar-refractivity contribution in [2.75, 3.05) is 0 Å². The van der Waals surface area contributed by atoms with E-state index in [4.69, 9.17) is 0 Å². The van der Waals surface area contributed by atoms with E-state index in [1.807, 2.05) is 0 Å². The summed E-state index contributed by atoms with van der Waals surface area (Å²) in [6.45, 7) is 0. The van der Waals surface area contributed by atoms with Crippen molar-refractivity contribution in [3.63, 3.8) is 0 Å². The molecule has 1 rings (SSSR count). The van der Waals surface area contributed by atoms with Gasteiger partial charge in [-0.15, -0.1) is 0 Å². The second-order valence-electron chi connectivity index (χ2n) is 2.80. The highest BCUT2D eigenvalue weighted by molar-refractivity contribution is 4.77. The van der Waals surface area contributed by atoms with Crippen LogP contribution >= 0.6 is 0 Å². The maximum atomic E-state index is 2.41.